The van der Waals surface area contributed by atoms with Crippen LogP contribution in [-0.4, -0.2) is 10.9 Å². The molecule has 3 rings (SSSR count). The van der Waals surface area contributed by atoms with Crippen LogP contribution in [0.25, 0.3) is 0 Å². The van der Waals surface area contributed by atoms with Crippen LogP contribution in [0.15, 0.2) is 59.2 Å². The van der Waals surface area contributed by atoms with Crippen LogP contribution in [0.2, 0.25) is 10.0 Å². The van der Waals surface area contributed by atoms with E-state index in [2.05, 4.69) is 32.3 Å². The molecule has 28 heavy (non-hydrogen) atoms. The number of benzene rings is 2. The van der Waals surface area contributed by atoms with Crippen molar-refractivity contribution in [2.45, 2.75) is 13.0 Å². The highest BCUT2D eigenvalue weighted by molar-refractivity contribution is 9.10. The number of carbonyl (C=O) groups is 1. The Labute approximate surface area is 181 Å². The number of hydrogen-bond acceptors (Lipinski definition) is 3. The van der Waals surface area contributed by atoms with Crippen LogP contribution in [0.4, 0.5) is 0 Å². The van der Waals surface area contributed by atoms with Crippen LogP contribution in [0, 0.1) is 18.3 Å². The normalized spacial score (nSPS) is 11.5. The van der Waals surface area contributed by atoms with Gasteiger partial charge in [0.1, 0.15) is 0 Å². The van der Waals surface area contributed by atoms with Crippen LogP contribution in [0.1, 0.15) is 38.8 Å². The summed E-state index contributed by atoms with van der Waals surface area (Å²) < 4.78 is 0.839. The summed E-state index contributed by atoms with van der Waals surface area (Å²) in [6.07, 6.45) is 1.65. The predicted octanol–water partition coefficient (Wildman–Crippen LogP) is 5.85. The molecule has 7 heteroatoms. The van der Waals surface area contributed by atoms with Crippen LogP contribution in [-0.2, 0) is 0 Å². The number of aryl methyl sites for hydroxylation is 1. The van der Waals surface area contributed by atoms with E-state index in [1.807, 2.05) is 6.07 Å². The molecule has 0 aliphatic rings. The van der Waals surface area contributed by atoms with Gasteiger partial charge in [-0.3, -0.25) is 9.78 Å². The first-order chi connectivity index (χ1) is 13.4. The van der Waals surface area contributed by atoms with Gasteiger partial charge in [-0.05, 0) is 60.5 Å². The number of rotatable bonds is 4. The molecule has 140 valence electrons. The first-order valence-electron chi connectivity index (χ1n) is 8.27. The Balaban J connectivity index is 1.99. The van der Waals surface area contributed by atoms with Gasteiger partial charge in [0.2, 0.25) is 0 Å². The van der Waals surface area contributed by atoms with Crippen LogP contribution < -0.4 is 5.32 Å². The smallest absolute Gasteiger partial charge is 0.252 e. The zero-order valence-corrected chi connectivity index (χ0v) is 17.8. The monoisotopic (exact) mass is 473 g/mol. The highest BCUT2D eigenvalue weighted by Crippen LogP contribution is 2.29. The number of nitriles is 1. The minimum absolute atomic E-state index is 0.287. The minimum Gasteiger partial charge on any atom is -0.340 e. The zero-order valence-electron chi connectivity index (χ0n) is 14.7. The highest BCUT2D eigenvalue weighted by Gasteiger charge is 2.21. The van der Waals surface area contributed by atoms with E-state index >= 15 is 0 Å². The minimum atomic E-state index is -0.532. The summed E-state index contributed by atoms with van der Waals surface area (Å²) >= 11 is 15.6. The standard InChI is InChI=1S/C21H14BrCl2N3O/c1-12-8-14(2-3-15(12)11-25)21(28)27-20(19-10-16(22)6-7-26-19)13-4-5-17(23)18(24)9-13/h2-10,20H,1H3,(H,27,28). The molecule has 2 aromatic carbocycles. The van der Waals surface area contributed by atoms with E-state index in [0.717, 1.165) is 15.6 Å². The molecule has 1 aromatic heterocycles. The van der Waals surface area contributed by atoms with Gasteiger partial charge in [-0.2, -0.15) is 5.26 Å². The summed E-state index contributed by atoms with van der Waals surface area (Å²) in [7, 11) is 0. The molecule has 3 aromatic rings. The predicted molar refractivity (Wildman–Crippen MR) is 114 cm³/mol. The number of halogens is 3. The molecule has 1 amide bonds. The number of carbonyl (C=O) groups excluding carboxylic acids is 1. The lowest BCUT2D eigenvalue weighted by Crippen LogP contribution is -2.30. The summed E-state index contributed by atoms with van der Waals surface area (Å²) in [5.74, 6) is -0.287. The lowest BCUT2D eigenvalue weighted by Gasteiger charge is -2.20. The fourth-order valence-electron chi connectivity index (χ4n) is 2.74. The van der Waals surface area contributed by atoms with Gasteiger partial charge in [-0.15, -0.1) is 0 Å². The number of nitrogens with one attached hydrogen (secondary N) is 1. The summed E-state index contributed by atoms with van der Waals surface area (Å²) in [6.45, 7) is 1.79. The third-order valence-electron chi connectivity index (χ3n) is 4.20. The molecule has 0 spiro atoms. The maximum absolute atomic E-state index is 12.9. The molecule has 1 unspecified atom stereocenters. The number of amides is 1. The Bertz CT molecular complexity index is 1100. The van der Waals surface area contributed by atoms with Crippen LogP contribution in [0.3, 0.4) is 0 Å². The third-order valence-corrected chi connectivity index (χ3v) is 5.43. The fourth-order valence-corrected chi connectivity index (χ4v) is 3.40. The first kappa shape index (κ1) is 20.3. The van der Waals surface area contributed by atoms with Crippen molar-refractivity contribution < 1.29 is 4.79 Å². The van der Waals surface area contributed by atoms with Gasteiger partial charge < -0.3 is 5.32 Å². The molecule has 1 heterocycles. The largest absolute Gasteiger partial charge is 0.340 e. The molecule has 0 aliphatic carbocycles. The van der Waals surface area contributed by atoms with E-state index in [9.17, 15) is 4.79 Å². The molecular weight excluding hydrogens is 461 g/mol. The van der Waals surface area contributed by atoms with Gasteiger partial charge in [0.15, 0.2) is 0 Å². The molecule has 4 nitrogen and oxygen atoms in total. The summed E-state index contributed by atoms with van der Waals surface area (Å²) in [6, 6.07) is 15.3. The van der Waals surface area contributed by atoms with E-state index in [4.69, 9.17) is 28.5 Å². The molecule has 0 saturated carbocycles. The Morgan fingerprint density at radius 1 is 1.14 bits per heavy atom. The van der Waals surface area contributed by atoms with Gasteiger partial charge in [-0.25, -0.2) is 0 Å². The Morgan fingerprint density at radius 3 is 2.57 bits per heavy atom. The topological polar surface area (TPSA) is 65.8 Å². The summed E-state index contributed by atoms with van der Waals surface area (Å²) in [5.41, 5.74) is 3.12. The maximum Gasteiger partial charge on any atom is 0.252 e. The molecule has 1 N–H and O–H groups in total. The van der Waals surface area contributed by atoms with E-state index in [0.29, 0.717) is 26.9 Å². The lowest BCUT2D eigenvalue weighted by atomic mass is 10.0. The van der Waals surface area contributed by atoms with Crippen LogP contribution >= 0.6 is 39.1 Å². The molecule has 1 atom stereocenters. The van der Waals surface area contributed by atoms with Gasteiger partial charge in [0.25, 0.3) is 5.91 Å². The Morgan fingerprint density at radius 2 is 1.93 bits per heavy atom. The number of nitrogens with zero attached hydrogens (tertiary/aromatic N) is 2. The van der Waals surface area contributed by atoms with Crippen molar-refractivity contribution in [2.24, 2.45) is 0 Å². The molecule has 0 saturated heterocycles. The number of pyridine rings is 1. The number of aromatic nitrogens is 1. The average Bonchev–Trinajstić information content (AvgIpc) is 2.68. The van der Waals surface area contributed by atoms with Crippen molar-refractivity contribution in [2.75, 3.05) is 0 Å². The fraction of sp³-hybridized carbons (Fsp3) is 0.0952. The van der Waals surface area contributed by atoms with Crippen LogP contribution in [0.5, 0.6) is 0 Å². The van der Waals surface area contributed by atoms with Gasteiger partial charge in [0, 0.05) is 16.2 Å². The molecule has 0 aliphatic heterocycles. The van der Waals surface area contributed by atoms with Crippen molar-refractivity contribution in [1.82, 2.24) is 10.3 Å². The maximum atomic E-state index is 12.9. The molecule has 0 fully saturated rings. The van der Waals surface area contributed by atoms with Crippen molar-refractivity contribution in [1.29, 1.82) is 5.26 Å². The molecule has 0 radical (unpaired) electrons. The van der Waals surface area contributed by atoms with Crippen molar-refractivity contribution in [3.63, 3.8) is 0 Å². The first-order valence-corrected chi connectivity index (χ1v) is 9.82. The van der Waals surface area contributed by atoms with Gasteiger partial charge in [0.05, 0.1) is 33.4 Å². The van der Waals surface area contributed by atoms with Gasteiger partial charge in [-0.1, -0.05) is 45.2 Å². The second kappa shape index (κ2) is 8.74. The third kappa shape index (κ3) is 4.53. The van der Waals surface area contributed by atoms with Crippen molar-refractivity contribution in [3.05, 3.63) is 97.2 Å². The average molecular weight is 475 g/mol. The van der Waals surface area contributed by atoms with Crippen molar-refractivity contribution in [3.8, 4) is 6.07 Å². The van der Waals surface area contributed by atoms with E-state index < -0.39 is 6.04 Å². The summed E-state index contributed by atoms with van der Waals surface area (Å²) in [5, 5.41) is 12.9. The van der Waals surface area contributed by atoms with E-state index in [1.165, 1.54) is 0 Å². The Hall–Kier alpha value is -2.39. The van der Waals surface area contributed by atoms with E-state index in [-0.39, 0.29) is 5.91 Å². The number of hydrogen-bond donors (Lipinski definition) is 1. The van der Waals surface area contributed by atoms with Crippen molar-refractivity contribution >= 4 is 45.0 Å². The Kier molecular flexibility index (Phi) is 6.35. The molecular formula is C21H14BrCl2N3O. The van der Waals surface area contributed by atoms with Gasteiger partial charge >= 0.3 is 0 Å². The zero-order chi connectivity index (χ0) is 20.3. The second-order valence-corrected chi connectivity index (χ2v) is 7.85. The highest BCUT2D eigenvalue weighted by atomic mass is 79.9. The quantitative estimate of drug-likeness (QED) is 0.515. The lowest BCUT2D eigenvalue weighted by molar-refractivity contribution is 0.0942. The van der Waals surface area contributed by atoms with E-state index in [1.54, 1.807) is 55.6 Å². The second-order valence-electron chi connectivity index (χ2n) is 6.12. The SMILES string of the molecule is Cc1cc(C(=O)NC(c2ccc(Cl)c(Cl)c2)c2cc(Br)ccn2)ccc1C#N. The summed E-state index contributed by atoms with van der Waals surface area (Å²) in [4.78, 5) is 17.3. The molecule has 0 bridgehead atoms.